The maximum atomic E-state index is 13.2. The number of nitrogens with one attached hydrogen (secondary N) is 4. The van der Waals surface area contributed by atoms with Gasteiger partial charge < -0.3 is 59.2 Å². The highest BCUT2D eigenvalue weighted by Gasteiger charge is 2.30. The highest BCUT2D eigenvalue weighted by molar-refractivity contribution is 5.87. The summed E-state index contributed by atoms with van der Waals surface area (Å²) in [4.78, 5) is 99.9. The summed E-state index contributed by atoms with van der Waals surface area (Å²) in [6.07, 6.45) is 12.7. The van der Waals surface area contributed by atoms with Crippen LogP contribution in [0.15, 0.2) is 0 Å². The van der Waals surface area contributed by atoms with Gasteiger partial charge in [0.05, 0.1) is 46.8 Å². The molecule has 0 rings (SSSR count). The van der Waals surface area contributed by atoms with Crippen LogP contribution in [0.5, 0.6) is 0 Å². The van der Waals surface area contributed by atoms with Gasteiger partial charge in [-0.1, -0.05) is 64.2 Å². The Labute approximate surface area is 423 Å². The molecule has 0 spiro atoms. The van der Waals surface area contributed by atoms with Gasteiger partial charge in [-0.05, 0) is 88.0 Å². The largest absolute Gasteiger partial charge is 0.467 e. The zero-order chi connectivity index (χ0) is 53.6. The van der Waals surface area contributed by atoms with Crippen LogP contribution in [0.1, 0.15) is 178 Å². The van der Waals surface area contributed by atoms with Crippen LogP contribution < -0.4 is 21.3 Å². The fourth-order valence-electron chi connectivity index (χ4n) is 6.53. The quantitative estimate of drug-likeness (QED) is 0.0336. The Balaban J connectivity index is 4.64. The Morgan fingerprint density at radius 1 is 0.380 bits per heavy atom. The molecule has 0 fully saturated rings. The van der Waals surface area contributed by atoms with E-state index in [2.05, 4.69) is 26.0 Å². The van der Waals surface area contributed by atoms with Crippen LogP contribution in [0.4, 0.5) is 0 Å². The molecule has 0 heterocycles. The molecule has 0 aliphatic heterocycles. The molecule has 20 nitrogen and oxygen atoms in total. The summed E-state index contributed by atoms with van der Waals surface area (Å²) in [6, 6.07) is -2.25. The van der Waals surface area contributed by atoms with Gasteiger partial charge in [-0.15, -0.1) is 0 Å². The van der Waals surface area contributed by atoms with Crippen molar-refractivity contribution in [3.8, 4) is 0 Å². The molecule has 4 amide bonds. The van der Waals surface area contributed by atoms with Gasteiger partial charge in [-0.3, -0.25) is 24.0 Å². The van der Waals surface area contributed by atoms with E-state index in [4.69, 9.17) is 33.2 Å². The van der Waals surface area contributed by atoms with E-state index >= 15 is 0 Å². The van der Waals surface area contributed by atoms with Crippen molar-refractivity contribution in [2.75, 3.05) is 73.1 Å². The summed E-state index contributed by atoms with van der Waals surface area (Å²) < 4.78 is 42.0. The average Bonchev–Trinajstić information content (AvgIpc) is 3.26. The first-order valence-electron chi connectivity index (χ1n) is 25.6. The second-order valence-electron chi connectivity index (χ2n) is 20.3. The molecule has 2 atom stereocenters. The predicted octanol–water partition coefficient (Wildman–Crippen LogP) is 5.47. The Bertz CT molecular complexity index is 1540. The Kier molecular flexibility index (Phi) is 36.7. The molecule has 0 aromatic rings. The Hall–Kier alpha value is -4.40. The maximum absolute atomic E-state index is 13.2. The monoisotopic (exact) mass is 1020 g/mol. The molecule has 71 heavy (non-hydrogen) atoms. The summed E-state index contributed by atoms with van der Waals surface area (Å²) in [6.45, 7) is 17.1. The minimum atomic E-state index is -1.16. The van der Waals surface area contributed by atoms with Crippen LogP contribution in [-0.4, -0.2) is 149 Å². The number of unbranched alkanes of at least 4 members (excludes halogenated alkanes) is 11. The number of carbonyl (C=O) groups excluding carboxylic acids is 8. The Morgan fingerprint density at radius 2 is 0.746 bits per heavy atom. The van der Waals surface area contributed by atoms with Crippen LogP contribution in [0.25, 0.3) is 0 Å². The van der Waals surface area contributed by atoms with Gasteiger partial charge in [-0.2, -0.15) is 0 Å². The van der Waals surface area contributed by atoms with Crippen LogP contribution >= 0.6 is 0 Å². The zero-order valence-electron chi connectivity index (χ0n) is 45.0. The van der Waals surface area contributed by atoms with Crippen LogP contribution in [-0.2, 0) is 76.3 Å². The zero-order valence-corrected chi connectivity index (χ0v) is 45.0. The lowest BCUT2D eigenvalue weighted by atomic mass is 10.0. The molecule has 4 N–H and O–H groups in total. The number of rotatable bonds is 41. The predicted molar refractivity (Wildman–Crippen MR) is 266 cm³/mol. The van der Waals surface area contributed by atoms with Crippen molar-refractivity contribution in [1.29, 1.82) is 0 Å². The number of hydrogen-bond donors (Lipinski definition) is 4. The number of esters is 4. The number of amides is 4. The second-order valence-corrected chi connectivity index (χ2v) is 20.3. The lowest BCUT2D eigenvalue weighted by Crippen LogP contribution is -2.47. The molecule has 0 aliphatic rings. The third-order valence-electron chi connectivity index (χ3n) is 9.89. The first kappa shape index (κ1) is 66.6. The van der Waals surface area contributed by atoms with Crippen LogP contribution in [0.3, 0.4) is 0 Å². The number of carbonyl (C=O) groups is 8. The molecular weight excluding hydrogens is 925 g/mol. The fourth-order valence-corrected chi connectivity index (χ4v) is 6.53. The minimum Gasteiger partial charge on any atom is -0.467 e. The summed E-state index contributed by atoms with van der Waals surface area (Å²) in [7, 11) is 1.27. The fraction of sp³-hybridized carbons (Fsp3) is 0.843. The highest BCUT2D eigenvalue weighted by atomic mass is 16.6. The number of ether oxygens (including phenoxy) is 8. The molecule has 0 saturated carbocycles. The highest BCUT2D eigenvalue weighted by Crippen LogP contribution is 2.16. The third-order valence-corrected chi connectivity index (χ3v) is 9.89. The van der Waals surface area contributed by atoms with Crippen molar-refractivity contribution >= 4 is 47.5 Å². The molecule has 0 unspecified atom stereocenters. The smallest absolute Gasteiger partial charge is 0.331 e. The topological polar surface area (TPSA) is 259 Å². The van der Waals surface area contributed by atoms with Gasteiger partial charge in [0.25, 0.3) is 0 Å². The van der Waals surface area contributed by atoms with E-state index in [9.17, 15) is 38.4 Å². The van der Waals surface area contributed by atoms with Gasteiger partial charge in [-0.25, -0.2) is 14.4 Å². The van der Waals surface area contributed by atoms with Crippen molar-refractivity contribution in [3.05, 3.63) is 0 Å². The van der Waals surface area contributed by atoms with Gasteiger partial charge >= 0.3 is 23.9 Å². The lowest BCUT2D eigenvalue weighted by Gasteiger charge is -2.26. The molecule has 412 valence electrons. The summed E-state index contributed by atoms with van der Waals surface area (Å²) in [5.41, 5.74) is -2.14. The molecule has 0 aliphatic carbocycles. The van der Waals surface area contributed by atoms with Crippen molar-refractivity contribution in [1.82, 2.24) is 21.3 Å². The molecule has 0 saturated heterocycles. The normalized spacial score (nSPS) is 12.5. The minimum absolute atomic E-state index is 0.0625. The van der Waals surface area contributed by atoms with Crippen molar-refractivity contribution in [2.24, 2.45) is 0 Å². The van der Waals surface area contributed by atoms with Crippen LogP contribution in [0.2, 0.25) is 0 Å². The second kappa shape index (κ2) is 39.2. The van der Waals surface area contributed by atoms with Gasteiger partial charge in [0, 0.05) is 38.8 Å². The van der Waals surface area contributed by atoms with Crippen LogP contribution in [0, 0.1) is 0 Å². The standard InChI is InChI=1S/C51H92N4O16/c1-49(2,3)69-45(60)24-22-20-18-16-14-12-11-13-15-17-19-21-23-42(57)54-40(48(63)71-51(7,8)9)26-28-43(58)55-39(47(62)70-50(4,5)6)25-27-41(56)52-29-31-65-33-35-67-37-44(59)53-30-32-66-34-36-68-38-46(61)64-10/h39-40H,11-38H2,1-10H3,(H,52,56)(H,53,59)(H,54,57)(H,55,58)/t39-,40-/m0/s1. The van der Waals surface area contributed by atoms with E-state index in [-0.39, 0.29) is 122 Å². The van der Waals surface area contributed by atoms with Crippen molar-refractivity contribution in [2.45, 2.75) is 207 Å². The summed E-state index contributed by atoms with van der Waals surface area (Å²) in [5.74, 6) is -3.61. The summed E-state index contributed by atoms with van der Waals surface area (Å²) >= 11 is 0. The number of methoxy groups -OCH3 is 1. The van der Waals surface area contributed by atoms with Gasteiger partial charge in [0.1, 0.15) is 42.1 Å². The third kappa shape index (κ3) is 44.1. The van der Waals surface area contributed by atoms with Crippen molar-refractivity contribution in [3.63, 3.8) is 0 Å². The van der Waals surface area contributed by atoms with E-state index in [1.165, 1.54) is 26.4 Å². The lowest BCUT2D eigenvalue weighted by molar-refractivity contribution is -0.160. The maximum Gasteiger partial charge on any atom is 0.331 e. The SMILES string of the molecule is COC(=O)COCCOCCNC(=O)COCCOCCNC(=O)CC[C@H](NC(=O)CC[C@H](NC(=O)CCCCCCCCCCCCCCC(=O)OC(C)(C)C)C(=O)OC(C)(C)C)C(=O)OC(C)(C)C. The van der Waals surface area contributed by atoms with E-state index in [1.54, 1.807) is 41.5 Å². The van der Waals surface area contributed by atoms with Gasteiger partial charge in [0.2, 0.25) is 23.6 Å². The molecule has 20 heteroatoms. The van der Waals surface area contributed by atoms with E-state index < -0.39 is 52.7 Å². The Morgan fingerprint density at radius 3 is 1.18 bits per heavy atom. The first-order chi connectivity index (χ1) is 33.4. The molecular formula is C51H92N4O16. The first-order valence-corrected chi connectivity index (χ1v) is 25.6. The summed E-state index contributed by atoms with van der Waals surface area (Å²) in [5, 5.41) is 10.7. The molecule has 0 bridgehead atoms. The van der Waals surface area contributed by atoms with Crippen molar-refractivity contribution < 1.29 is 76.3 Å². The van der Waals surface area contributed by atoms with E-state index in [0.717, 1.165) is 51.4 Å². The van der Waals surface area contributed by atoms with E-state index in [1.807, 2.05) is 20.8 Å². The molecule has 0 aromatic carbocycles. The molecule has 0 aromatic heterocycles. The number of hydrogen-bond acceptors (Lipinski definition) is 16. The molecule has 0 radical (unpaired) electrons. The van der Waals surface area contributed by atoms with E-state index in [0.29, 0.717) is 12.8 Å². The average molecular weight is 1020 g/mol. The van der Waals surface area contributed by atoms with Gasteiger partial charge in [0.15, 0.2) is 0 Å².